The molecule has 184 valence electrons. The van der Waals surface area contributed by atoms with Crippen molar-refractivity contribution in [2.24, 2.45) is 7.05 Å². The number of nitrogens with zero attached hydrogens (tertiary/aromatic N) is 4. The molecule has 36 heavy (non-hydrogen) atoms. The van der Waals surface area contributed by atoms with Gasteiger partial charge in [-0.25, -0.2) is 15.0 Å². The van der Waals surface area contributed by atoms with Crippen molar-refractivity contribution in [3.8, 4) is 11.3 Å². The van der Waals surface area contributed by atoms with Crippen molar-refractivity contribution in [3.63, 3.8) is 0 Å². The molecule has 1 saturated carbocycles. The monoisotopic (exact) mass is 494 g/mol. The average molecular weight is 494 g/mol. The number of anilines is 2. The van der Waals surface area contributed by atoms with Crippen LogP contribution < -0.4 is 16.6 Å². The van der Waals surface area contributed by atoms with Crippen LogP contribution in [0, 0.1) is 6.92 Å². The van der Waals surface area contributed by atoms with Gasteiger partial charge < -0.3 is 11.1 Å². The summed E-state index contributed by atoms with van der Waals surface area (Å²) in [6, 6.07) is 8.95. The number of aromatic nitrogens is 4. The minimum absolute atomic E-state index is 0.0899. The van der Waals surface area contributed by atoms with Gasteiger partial charge in [-0.05, 0) is 55.7 Å². The van der Waals surface area contributed by atoms with E-state index in [0.29, 0.717) is 22.6 Å². The van der Waals surface area contributed by atoms with Crippen molar-refractivity contribution in [1.29, 1.82) is 0 Å². The van der Waals surface area contributed by atoms with Gasteiger partial charge in [0.2, 0.25) is 0 Å². The minimum Gasteiger partial charge on any atom is -0.382 e. The van der Waals surface area contributed by atoms with Crippen LogP contribution in [0.4, 0.5) is 24.7 Å². The van der Waals surface area contributed by atoms with E-state index in [-0.39, 0.29) is 34.2 Å². The van der Waals surface area contributed by atoms with Gasteiger partial charge in [0.05, 0.1) is 5.56 Å². The SMILES string of the molecule is Cc1ccc(NC(=O)c2cccc(C(F)(F)F)c2)cc1-c1nc2c(N)nc(C3CC3)nc2n(C)c1=O. The van der Waals surface area contributed by atoms with Gasteiger partial charge in [0, 0.05) is 29.8 Å². The summed E-state index contributed by atoms with van der Waals surface area (Å²) >= 11 is 0. The van der Waals surface area contributed by atoms with Crippen LogP contribution in [-0.4, -0.2) is 25.4 Å². The Morgan fingerprint density at radius 1 is 1.11 bits per heavy atom. The minimum atomic E-state index is -4.57. The van der Waals surface area contributed by atoms with E-state index in [1.165, 1.54) is 16.7 Å². The number of carbonyl (C=O) groups excluding carboxylic acids is 1. The van der Waals surface area contributed by atoms with Crippen LogP contribution in [0.2, 0.25) is 0 Å². The van der Waals surface area contributed by atoms with Crippen molar-refractivity contribution in [2.45, 2.75) is 31.9 Å². The smallest absolute Gasteiger partial charge is 0.382 e. The van der Waals surface area contributed by atoms with Gasteiger partial charge in [-0.1, -0.05) is 12.1 Å². The first-order chi connectivity index (χ1) is 17.0. The second-order valence-corrected chi connectivity index (χ2v) is 8.80. The first kappa shape index (κ1) is 23.5. The Balaban J connectivity index is 1.53. The quantitative estimate of drug-likeness (QED) is 0.434. The van der Waals surface area contributed by atoms with Gasteiger partial charge in [0.25, 0.3) is 11.5 Å². The largest absolute Gasteiger partial charge is 0.416 e. The molecule has 1 aliphatic rings. The Morgan fingerprint density at radius 3 is 2.56 bits per heavy atom. The highest BCUT2D eigenvalue weighted by molar-refractivity contribution is 6.04. The fourth-order valence-electron chi connectivity index (χ4n) is 3.93. The lowest BCUT2D eigenvalue weighted by Crippen LogP contribution is -2.23. The Hall–Kier alpha value is -4.28. The third-order valence-corrected chi connectivity index (χ3v) is 6.10. The molecule has 0 unspecified atom stereocenters. The molecule has 0 radical (unpaired) electrons. The lowest BCUT2D eigenvalue weighted by molar-refractivity contribution is -0.137. The van der Waals surface area contributed by atoms with E-state index in [0.717, 1.165) is 25.0 Å². The van der Waals surface area contributed by atoms with Crippen LogP contribution in [0.25, 0.3) is 22.4 Å². The molecule has 2 aromatic heterocycles. The van der Waals surface area contributed by atoms with Crippen molar-refractivity contribution < 1.29 is 18.0 Å². The molecule has 8 nitrogen and oxygen atoms in total. The van der Waals surface area contributed by atoms with Crippen molar-refractivity contribution >= 4 is 28.6 Å². The molecule has 2 aromatic carbocycles. The third-order valence-electron chi connectivity index (χ3n) is 6.10. The molecule has 3 N–H and O–H groups in total. The number of halogens is 3. The van der Waals surface area contributed by atoms with Gasteiger partial charge >= 0.3 is 6.18 Å². The number of nitrogen functional groups attached to an aromatic ring is 1. The molecular weight excluding hydrogens is 473 g/mol. The first-order valence-corrected chi connectivity index (χ1v) is 11.2. The molecule has 1 amide bonds. The zero-order valence-corrected chi connectivity index (χ0v) is 19.3. The summed E-state index contributed by atoms with van der Waals surface area (Å²) in [5, 5.41) is 2.59. The average Bonchev–Trinajstić information content (AvgIpc) is 3.68. The van der Waals surface area contributed by atoms with Crippen LogP contribution in [0.5, 0.6) is 0 Å². The number of rotatable bonds is 4. The van der Waals surface area contributed by atoms with E-state index in [9.17, 15) is 22.8 Å². The molecule has 5 rings (SSSR count). The van der Waals surface area contributed by atoms with E-state index in [2.05, 4.69) is 20.3 Å². The van der Waals surface area contributed by atoms with Crippen molar-refractivity contribution in [3.05, 3.63) is 75.3 Å². The zero-order valence-electron chi connectivity index (χ0n) is 19.3. The number of amides is 1. The van der Waals surface area contributed by atoms with Gasteiger partial charge in [-0.3, -0.25) is 14.2 Å². The molecule has 1 aliphatic carbocycles. The van der Waals surface area contributed by atoms with Crippen LogP contribution in [0.15, 0.2) is 47.3 Å². The zero-order chi connectivity index (χ0) is 25.8. The number of aryl methyl sites for hydroxylation is 2. The maximum absolute atomic E-state index is 13.2. The molecular formula is C25H21F3N6O2. The van der Waals surface area contributed by atoms with E-state index in [1.54, 1.807) is 32.2 Å². The summed E-state index contributed by atoms with van der Waals surface area (Å²) in [5.74, 6) is 0.289. The normalized spacial score (nSPS) is 13.7. The molecule has 4 aromatic rings. The van der Waals surface area contributed by atoms with Gasteiger partial charge in [0.15, 0.2) is 11.5 Å². The maximum Gasteiger partial charge on any atom is 0.416 e. The summed E-state index contributed by atoms with van der Waals surface area (Å²) in [6.07, 6.45) is -2.62. The molecule has 11 heteroatoms. The number of carbonyl (C=O) groups is 1. The first-order valence-electron chi connectivity index (χ1n) is 11.2. The number of fused-ring (bicyclic) bond motifs is 1. The summed E-state index contributed by atoms with van der Waals surface area (Å²) in [6.45, 7) is 1.77. The number of nitrogens with two attached hydrogens (primary N) is 1. The summed E-state index contributed by atoms with van der Waals surface area (Å²) < 4.78 is 40.5. The molecule has 0 atom stereocenters. The van der Waals surface area contributed by atoms with Crippen molar-refractivity contribution in [1.82, 2.24) is 19.5 Å². The second-order valence-electron chi connectivity index (χ2n) is 8.80. The van der Waals surface area contributed by atoms with Gasteiger partial charge in [-0.15, -0.1) is 0 Å². The molecule has 0 aliphatic heterocycles. The number of alkyl halides is 3. The highest BCUT2D eigenvalue weighted by Crippen LogP contribution is 2.39. The van der Waals surface area contributed by atoms with E-state index >= 15 is 0 Å². The van der Waals surface area contributed by atoms with E-state index in [1.807, 2.05) is 0 Å². The Bertz CT molecular complexity index is 1590. The predicted octanol–water partition coefficient (Wildman–Crippen LogP) is 4.43. The lowest BCUT2D eigenvalue weighted by Gasteiger charge is -2.13. The fourth-order valence-corrected chi connectivity index (χ4v) is 3.93. The second kappa shape index (κ2) is 8.43. The number of nitrogens with one attached hydrogen (secondary N) is 1. The van der Waals surface area contributed by atoms with Gasteiger partial charge in [-0.2, -0.15) is 13.2 Å². The maximum atomic E-state index is 13.2. The lowest BCUT2D eigenvalue weighted by atomic mass is 10.0. The molecule has 0 bridgehead atoms. The topological polar surface area (TPSA) is 116 Å². The molecule has 1 fully saturated rings. The standard InChI is InChI=1S/C25H21F3N6O2/c1-12-6-9-16(30-23(35)14-4-3-5-15(10-14)25(26,27)28)11-17(12)18-24(36)34(2)22-19(31-18)20(29)32-21(33-22)13-7-8-13/h3-6,9-11,13H,7-8H2,1-2H3,(H,30,35)(H2,29,32,33). The Kier molecular flexibility index (Phi) is 5.50. The molecule has 0 spiro atoms. The molecule has 0 saturated heterocycles. The predicted molar refractivity (Wildman–Crippen MR) is 129 cm³/mol. The van der Waals surface area contributed by atoms with Gasteiger partial charge in [0.1, 0.15) is 17.0 Å². The third kappa shape index (κ3) is 4.28. The number of hydrogen-bond acceptors (Lipinski definition) is 6. The number of hydrogen-bond donors (Lipinski definition) is 2. The van der Waals surface area contributed by atoms with Crippen LogP contribution in [-0.2, 0) is 13.2 Å². The van der Waals surface area contributed by atoms with Crippen molar-refractivity contribution in [2.75, 3.05) is 11.1 Å². The summed E-state index contributed by atoms with van der Waals surface area (Å²) in [5.41, 5.74) is 6.82. The molecule has 2 heterocycles. The van der Waals surface area contributed by atoms with Crippen LogP contribution in [0.1, 0.15) is 46.1 Å². The van der Waals surface area contributed by atoms with Crippen LogP contribution >= 0.6 is 0 Å². The number of benzene rings is 2. The highest BCUT2D eigenvalue weighted by Gasteiger charge is 2.31. The van der Waals surface area contributed by atoms with E-state index in [4.69, 9.17) is 5.73 Å². The fraction of sp³-hybridized carbons (Fsp3) is 0.240. The van der Waals surface area contributed by atoms with E-state index < -0.39 is 23.2 Å². The summed E-state index contributed by atoms with van der Waals surface area (Å²) in [4.78, 5) is 39.2. The highest BCUT2D eigenvalue weighted by atomic mass is 19.4. The Morgan fingerprint density at radius 2 is 1.86 bits per heavy atom. The summed E-state index contributed by atoms with van der Waals surface area (Å²) in [7, 11) is 1.58. The Labute approximate surface area is 203 Å². The van der Waals surface area contributed by atoms with Crippen LogP contribution in [0.3, 0.4) is 0 Å².